The third kappa shape index (κ3) is 2.65. The van der Waals surface area contributed by atoms with E-state index in [2.05, 4.69) is 22.0 Å². The highest BCUT2D eigenvalue weighted by Crippen LogP contribution is 2.19. The van der Waals surface area contributed by atoms with Crippen LogP contribution in [0.1, 0.15) is 29.0 Å². The van der Waals surface area contributed by atoms with Gasteiger partial charge in [-0.2, -0.15) is 5.10 Å². The van der Waals surface area contributed by atoms with Gasteiger partial charge in [0.1, 0.15) is 0 Å². The second-order valence-electron chi connectivity index (χ2n) is 5.53. The van der Waals surface area contributed by atoms with Crippen molar-refractivity contribution in [2.45, 2.75) is 19.3 Å². The van der Waals surface area contributed by atoms with Gasteiger partial charge in [0, 0.05) is 19.2 Å². The van der Waals surface area contributed by atoms with Crippen molar-refractivity contribution in [3.8, 4) is 0 Å². The average molecular weight is 274 g/mol. The molecule has 2 aromatic rings. The van der Waals surface area contributed by atoms with Crippen LogP contribution in [0, 0.1) is 5.92 Å². The van der Waals surface area contributed by atoms with Crippen LogP contribution in [0.2, 0.25) is 0 Å². The molecule has 0 aliphatic carbocycles. The topological polar surface area (TPSA) is 70.7 Å². The number of aromatic carboxylic acids is 1. The van der Waals surface area contributed by atoms with Crippen molar-refractivity contribution in [3.05, 3.63) is 29.7 Å². The number of hydrogen-bond donors (Lipinski definition) is 1. The molecule has 20 heavy (non-hydrogen) atoms. The van der Waals surface area contributed by atoms with Gasteiger partial charge in [0.15, 0.2) is 11.5 Å². The second kappa shape index (κ2) is 5.20. The van der Waals surface area contributed by atoms with Crippen LogP contribution in [0.15, 0.2) is 18.3 Å². The summed E-state index contributed by atoms with van der Waals surface area (Å²) in [6.45, 7) is 2.24. The molecule has 0 amide bonds. The summed E-state index contributed by atoms with van der Waals surface area (Å²) in [6.07, 6.45) is 4.94. The van der Waals surface area contributed by atoms with E-state index in [1.54, 1.807) is 22.8 Å². The number of aromatic nitrogens is 3. The van der Waals surface area contributed by atoms with Gasteiger partial charge in [-0.25, -0.2) is 14.3 Å². The Labute approximate surface area is 117 Å². The van der Waals surface area contributed by atoms with Gasteiger partial charge in [0.2, 0.25) is 0 Å². The van der Waals surface area contributed by atoms with Crippen molar-refractivity contribution in [1.82, 2.24) is 19.5 Å². The molecule has 1 saturated heterocycles. The monoisotopic (exact) mass is 274 g/mol. The van der Waals surface area contributed by atoms with Crippen molar-refractivity contribution in [1.29, 1.82) is 0 Å². The van der Waals surface area contributed by atoms with Crippen molar-refractivity contribution >= 4 is 11.6 Å². The molecule has 6 nitrogen and oxygen atoms in total. The zero-order valence-electron chi connectivity index (χ0n) is 11.5. The molecule has 1 fully saturated rings. The number of fused-ring (bicyclic) bond motifs is 1. The van der Waals surface area contributed by atoms with Gasteiger partial charge < -0.3 is 10.0 Å². The van der Waals surface area contributed by atoms with Crippen molar-refractivity contribution in [2.24, 2.45) is 5.92 Å². The van der Waals surface area contributed by atoms with Crippen molar-refractivity contribution < 1.29 is 9.90 Å². The number of likely N-dealkylation sites (tertiary alicyclic amines) is 1. The van der Waals surface area contributed by atoms with Crippen LogP contribution in [-0.2, 0) is 6.42 Å². The Hall–Kier alpha value is -1.95. The maximum atomic E-state index is 10.9. The normalized spacial score (nSPS) is 20.4. The maximum absolute atomic E-state index is 10.9. The highest BCUT2D eigenvalue weighted by atomic mass is 16.4. The summed E-state index contributed by atoms with van der Waals surface area (Å²) in [5, 5.41) is 13.4. The van der Waals surface area contributed by atoms with Crippen molar-refractivity contribution in [2.75, 3.05) is 20.1 Å². The summed E-state index contributed by atoms with van der Waals surface area (Å²) in [5.74, 6) is 0.448. The minimum atomic E-state index is -0.939. The Morgan fingerprint density at radius 3 is 3.15 bits per heavy atom. The highest BCUT2D eigenvalue weighted by molar-refractivity contribution is 5.88. The number of carboxylic acids is 1. The van der Waals surface area contributed by atoms with E-state index in [1.165, 1.54) is 12.8 Å². The molecule has 1 aliphatic rings. The Morgan fingerprint density at radius 2 is 2.40 bits per heavy atom. The number of carboxylic acid groups (broad SMARTS) is 1. The number of piperidine rings is 1. The van der Waals surface area contributed by atoms with Gasteiger partial charge >= 0.3 is 5.97 Å². The van der Waals surface area contributed by atoms with Crippen LogP contribution >= 0.6 is 0 Å². The zero-order chi connectivity index (χ0) is 14.1. The van der Waals surface area contributed by atoms with E-state index in [-0.39, 0.29) is 5.56 Å². The van der Waals surface area contributed by atoms with Gasteiger partial charge in [0.05, 0.1) is 5.56 Å². The summed E-state index contributed by atoms with van der Waals surface area (Å²) in [7, 11) is 2.14. The molecule has 1 atom stereocenters. The first-order chi connectivity index (χ1) is 9.61. The first kappa shape index (κ1) is 13.1. The fourth-order valence-corrected chi connectivity index (χ4v) is 2.85. The van der Waals surface area contributed by atoms with E-state index in [0.29, 0.717) is 11.6 Å². The molecular formula is C14H18N4O2. The first-order valence-corrected chi connectivity index (χ1v) is 6.89. The number of carbonyl (C=O) groups is 1. The van der Waals surface area contributed by atoms with Crippen LogP contribution in [0.4, 0.5) is 0 Å². The minimum absolute atomic E-state index is 0.244. The minimum Gasteiger partial charge on any atom is -0.478 e. The molecule has 0 radical (unpaired) electrons. The largest absolute Gasteiger partial charge is 0.478 e. The molecule has 2 aromatic heterocycles. The van der Waals surface area contributed by atoms with Gasteiger partial charge in [0.25, 0.3) is 0 Å². The van der Waals surface area contributed by atoms with Gasteiger partial charge in [-0.05, 0) is 44.5 Å². The molecular weight excluding hydrogens is 256 g/mol. The maximum Gasteiger partial charge on any atom is 0.335 e. The molecule has 106 valence electrons. The van der Waals surface area contributed by atoms with E-state index in [4.69, 9.17) is 5.11 Å². The lowest BCUT2D eigenvalue weighted by molar-refractivity contribution is 0.0697. The van der Waals surface area contributed by atoms with Crippen molar-refractivity contribution in [3.63, 3.8) is 0 Å². The van der Waals surface area contributed by atoms with Gasteiger partial charge in [-0.1, -0.05) is 0 Å². The SMILES string of the molecule is CN1CCCC(Cc2nc3cc(C(=O)O)ccn3n2)C1. The molecule has 1 unspecified atom stereocenters. The van der Waals surface area contributed by atoms with Crippen LogP contribution in [0.3, 0.4) is 0 Å². The Morgan fingerprint density at radius 1 is 1.55 bits per heavy atom. The molecule has 0 spiro atoms. The standard InChI is InChI=1S/C14H18N4O2/c1-17-5-2-3-10(9-17)7-12-15-13-8-11(14(19)20)4-6-18(13)16-12/h4,6,8,10H,2-3,5,7,9H2,1H3,(H,19,20). The average Bonchev–Trinajstić information content (AvgIpc) is 2.79. The lowest BCUT2D eigenvalue weighted by atomic mass is 9.95. The molecule has 1 N–H and O–H groups in total. The first-order valence-electron chi connectivity index (χ1n) is 6.89. The van der Waals surface area contributed by atoms with Crippen LogP contribution in [0.25, 0.3) is 5.65 Å². The second-order valence-corrected chi connectivity index (χ2v) is 5.53. The number of rotatable bonds is 3. The Bertz CT molecular complexity index is 637. The van der Waals surface area contributed by atoms with E-state index in [9.17, 15) is 4.79 Å². The molecule has 0 aromatic carbocycles. The summed E-state index contributed by atoms with van der Waals surface area (Å²) in [6, 6.07) is 3.11. The lowest BCUT2D eigenvalue weighted by Crippen LogP contribution is -2.33. The fraction of sp³-hybridized carbons (Fsp3) is 0.500. The molecule has 6 heteroatoms. The summed E-state index contributed by atoms with van der Waals surface area (Å²) < 4.78 is 1.65. The van der Waals surface area contributed by atoms with Crippen LogP contribution in [-0.4, -0.2) is 50.7 Å². The van der Waals surface area contributed by atoms with Gasteiger partial charge in [-0.15, -0.1) is 0 Å². The van der Waals surface area contributed by atoms with E-state index in [1.807, 2.05) is 0 Å². The predicted molar refractivity (Wildman–Crippen MR) is 73.9 cm³/mol. The molecule has 3 rings (SSSR count). The summed E-state index contributed by atoms with van der Waals surface area (Å²) >= 11 is 0. The predicted octanol–water partition coefficient (Wildman–Crippen LogP) is 1.31. The molecule has 1 aliphatic heterocycles. The third-order valence-corrected chi connectivity index (χ3v) is 3.82. The molecule has 3 heterocycles. The smallest absolute Gasteiger partial charge is 0.335 e. The van der Waals surface area contributed by atoms with Crippen LogP contribution < -0.4 is 0 Å². The highest BCUT2D eigenvalue weighted by Gasteiger charge is 2.19. The lowest BCUT2D eigenvalue weighted by Gasteiger charge is -2.28. The fourth-order valence-electron chi connectivity index (χ4n) is 2.85. The Balaban J connectivity index is 1.80. The van der Waals surface area contributed by atoms with E-state index >= 15 is 0 Å². The van der Waals surface area contributed by atoms with E-state index < -0.39 is 5.97 Å². The number of hydrogen-bond acceptors (Lipinski definition) is 4. The van der Waals surface area contributed by atoms with Crippen LogP contribution in [0.5, 0.6) is 0 Å². The third-order valence-electron chi connectivity index (χ3n) is 3.82. The summed E-state index contributed by atoms with van der Waals surface area (Å²) in [5.41, 5.74) is 0.845. The number of nitrogens with zero attached hydrogens (tertiary/aromatic N) is 4. The Kier molecular flexibility index (Phi) is 3.40. The zero-order valence-corrected chi connectivity index (χ0v) is 11.5. The quantitative estimate of drug-likeness (QED) is 0.913. The number of pyridine rings is 1. The summed E-state index contributed by atoms with van der Waals surface area (Å²) in [4.78, 5) is 17.7. The van der Waals surface area contributed by atoms with Gasteiger partial charge in [-0.3, -0.25) is 0 Å². The van der Waals surface area contributed by atoms with E-state index in [0.717, 1.165) is 25.3 Å². The molecule has 0 bridgehead atoms. The molecule has 0 saturated carbocycles.